The Morgan fingerprint density at radius 1 is 1.04 bits per heavy atom. The molecule has 0 spiro atoms. The molecule has 3 rings (SSSR count). The molecule has 8 heteroatoms. The molecule has 6 nitrogen and oxygen atoms in total. The van der Waals surface area contributed by atoms with E-state index in [2.05, 4.69) is 26.8 Å². The molecule has 1 amide bonds. The Morgan fingerprint density at radius 3 is 2.40 bits per heavy atom. The van der Waals surface area contributed by atoms with Gasteiger partial charge < -0.3 is 0 Å². The highest BCUT2D eigenvalue weighted by Crippen LogP contribution is 2.25. The van der Waals surface area contributed by atoms with Crippen LogP contribution < -0.4 is 10.9 Å². The number of carbonyl (C=O) groups excluding carboxylic acids is 1. The molecule has 132 valence electrons. The highest BCUT2D eigenvalue weighted by molar-refractivity contribution is 9.10. The van der Waals surface area contributed by atoms with Crippen molar-refractivity contribution in [3.63, 3.8) is 0 Å². The average molecular weight is 424 g/mol. The smallest absolute Gasteiger partial charge is 0.270 e. The number of nitrogens with zero attached hydrogens (tertiary/aromatic N) is 1. The summed E-state index contributed by atoms with van der Waals surface area (Å²) in [5.41, 5.74) is 6.36. The van der Waals surface area contributed by atoms with Gasteiger partial charge in [0.05, 0.1) is 16.1 Å². The first-order chi connectivity index (χ1) is 12.0. The molecule has 0 bridgehead atoms. The predicted octanol–water partition coefficient (Wildman–Crippen LogP) is 2.99. The summed E-state index contributed by atoms with van der Waals surface area (Å²) in [5.74, 6) is -0.422. The van der Waals surface area contributed by atoms with Crippen LogP contribution in [-0.2, 0) is 10.0 Å². The van der Waals surface area contributed by atoms with Crippen LogP contribution in [0.4, 0.5) is 5.69 Å². The molecule has 1 aliphatic heterocycles. The van der Waals surface area contributed by atoms with Crippen LogP contribution in [0.25, 0.3) is 0 Å². The summed E-state index contributed by atoms with van der Waals surface area (Å²) in [6.07, 6.45) is 1.73. The van der Waals surface area contributed by atoms with E-state index >= 15 is 0 Å². The van der Waals surface area contributed by atoms with Gasteiger partial charge in [0, 0.05) is 17.6 Å². The number of para-hydroxylation sites is 1. The normalized spacial score (nSPS) is 15.1. The maximum absolute atomic E-state index is 12.7. The van der Waals surface area contributed by atoms with Crippen LogP contribution >= 0.6 is 15.9 Å². The molecule has 1 saturated heterocycles. The van der Waals surface area contributed by atoms with Crippen molar-refractivity contribution < 1.29 is 13.2 Å². The van der Waals surface area contributed by atoms with Crippen molar-refractivity contribution in [3.8, 4) is 0 Å². The van der Waals surface area contributed by atoms with Crippen molar-refractivity contribution in [2.24, 2.45) is 0 Å². The van der Waals surface area contributed by atoms with Crippen LogP contribution in [0, 0.1) is 0 Å². The van der Waals surface area contributed by atoms with E-state index in [0.717, 1.165) is 18.5 Å². The maximum atomic E-state index is 12.7. The van der Waals surface area contributed by atoms with E-state index in [1.807, 2.05) is 30.3 Å². The van der Waals surface area contributed by atoms with Crippen LogP contribution in [-0.4, -0.2) is 31.7 Å². The number of amides is 1. The zero-order chi connectivity index (χ0) is 17.9. The average Bonchev–Trinajstić information content (AvgIpc) is 3.16. The quantitative estimate of drug-likeness (QED) is 0.724. The zero-order valence-electron chi connectivity index (χ0n) is 13.4. The summed E-state index contributed by atoms with van der Waals surface area (Å²) in [5, 5.41) is 0. The standard InChI is InChI=1S/C17H18BrN3O3S/c18-16-9-8-14(25(23,24)21-10-4-5-11-21)12-15(16)17(22)20-19-13-6-2-1-3-7-13/h1-3,6-9,12,19H,4-5,10-11H2,(H,20,22). The molecule has 0 atom stereocenters. The fourth-order valence-corrected chi connectivity index (χ4v) is 4.60. The molecule has 2 N–H and O–H groups in total. The molecule has 25 heavy (non-hydrogen) atoms. The molecule has 1 fully saturated rings. The van der Waals surface area contributed by atoms with E-state index in [1.54, 1.807) is 6.07 Å². The molecule has 0 unspecified atom stereocenters. The number of benzene rings is 2. The second kappa shape index (κ2) is 7.55. The number of hydrazine groups is 1. The second-order valence-corrected chi connectivity index (χ2v) is 8.49. The third-order valence-electron chi connectivity index (χ3n) is 3.98. The van der Waals surface area contributed by atoms with E-state index in [-0.39, 0.29) is 10.5 Å². The van der Waals surface area contributed by atoms with Crippen LogP contribution in [0.2, 0.25) is 0 Å². The van der Waals surface area contributed by atoms with Crippen molar-refractivity contribution in [1.82, 2.24) is 9.73 Å². The zero-order valence-corrected chi connectivity index (χ0v) is 15.8. The minimum Gasteiger partial charge on any atom is -0.298 e. The van der Waals surface area contributed by atoms with Crippen molar-refractivity contribution in [3.05, 3.63) is 58.6 Å². The van der Waals surface area contributed by atoms with E-state index < -0.39 is 15.9 Å². The summed E-state index contributed by atoms with van der Waals surface area (Å²) in [6.45, 7) is 1.05. The van der Waals surface area contributed by atoms with E-state index in [4.69, 9.17) is 0 Å². The highest BCUT2D eigenvalue weighted by Gasteiger charge is 2.28. The Bertz CT molecular complexity index is 866. The third kappa shape index (κ3) is 4.02. The predicted molar refractivity (Wildman–Crippen MR) is 99.7 cm³/mol. The lowest BCUT2D eigenvalue weighted by Gasteiger charge is -2.16. The molecule has 1 aliphatic rings. The van der Waals surface area contributed by atoms with Gasteiger partial charge in [-0.3, -0.25) is 15.6 Å². The lowest BCUT2D eigenvalue weighted by molar-refractivity contribution is 0.0961. The lowest BCUT2D eigenvalue weighted by atomic mass is 10.2. The Kier molecular flexibility index (Phi) is 5.41. The number of halogens is 1. The molecule has 1 heterocycles. The number of rotatable bonds is 5. The van der Waals surface area contributed by atoms with Gasteiger partial charge >= 0.3 is 0 Å². The Morgan fingerprint density at radius 2 is 1.72 bits per heavy atom. The topological polar surface area (TPSA) is 78.5 Å². The Hall–Kier alpha value is -1.90. The Balaban J connectivity index is 1.80. The SMILES string of the molecule is O=C(NNc1ccccc1)c1cc(S(=O)(=O)N2CCCC2)ccc1Br. The monoisotopic (exact) mass is 423 g/mol. The largest absolute Gasteiger partial charge is 0.298 e. The first kappa shape index (κ1) is 17.9. The Labute approximate surface area is 155 Å². The van der Waals surface area contributed by atoms with Gasteiger partial charge in [-0.1, -0.05) is 18.2 Å². The van der Waals surface area contributed by atoms with E-state index in [0.29, 0.717) is 17.6 Å². The van der Waals surface area contributed by atoms with Crippen molar-refractivity contribution >= 4 is 37.5 Å². The highest BCUT2D eigenvalue weighted by atomic mass is 79.9. The van der Waals surface area contributed by atoms with Gasteiger partial charge in [-0.2, -0.15) is 4.31 Å². The molecule has 0 radical (unpaired) electrons. The fourth-order valence-electron chi connectivity index (χ4n) is 2.63. The molecule has 2 aromatic carbocycles. The fraction of sp³-hybridized carbons (Fsp3) is 0.235. The molecule has 0 saturated carbocycles. The van der Waals surface area contributed by atoms with Crippen LogP contribution in [0.5, 0.6) is 0 Å². The number of sulfonamides is 1. The summed E-state index contributed by atoms with van der Waals surface area (Å²) in [4.78, 5) is 12.6. The van der Waals surface area contributed by atoms with Gasteiger partial charge in [-0.15, -0.1) is 0 Å². The van der Waals surface area contributed by atoms with Crippen molar-refractivity contribution in [2.75, 3.05) is 18.5 Å². The summed E-state index contributed by atoms with van der Waals surface area (Å²) in [7, 11) is -3.57. The number of hydrogen-bond donors (Lipinski definition) is 2. The number of hydrogen-bond acceptors (Lipinski definition) is 4. The van der Waals surface area contributed by atoms with Crippen molar-refractivity contribution in [1.29, 1.82) is 0 Å². The summed E-state index contributed by atoms with van der Waals surface area (Å²) >= 11 is 3.31. The molecule has 0 aliphatic carbocycles. The van der Waals surface area contributed by atoms with Crippen molar-refractivity contribution in [2.45, 2.75) is 17.7 Å². The molecular formula is C17H18BrN3O3S. The van der Waals surface area contributed by atoms with Gasteiger partial charge in [0.25, 0.3) is 5.91 Å². The third-order valence-corrected chi connectivity index (χ3v) is 6.57. The number of anilines is 1. The number of carbonyl (C=O) groups is 1. The number of nitrogens with one attached hydrogen (secondary N) is 2. The first-order valence-corrected chi connectivity index (χ1v) is 10.1. The van der Waals surface area contributed by atoms with Crippen LogP contribution in [0.1, 0.15) is 23.2 Å². The van der Waals surface area contributed by atoms with E-state index in [1.165, 1.54) is 16.4 Å². The minimum atomic E-state index is -3.57. The molecular weight excluding hydrogens is 406 g/mol. The van der Waals surface area contributed by atoms with Gasteiger partial charge in [0.1, 0.15) is 0 Å². The van der Waals surface area contributed by atoms with Crippen LogP contribution in [0.3, 0.4) is 0 Å². The minimum absolute atomic E-state index is 0.127. The maximum Gasteiger partial charge on any atom is 0.270 e. The van der Waals surface area contributed by atoms with Crippen LogP contribution in [0.15, 0.2) is 57.9 Å². The molecule has 0 aromatic heterocycles. The van der Waals surface area contributed by atoms with Gasteiger partial charge in [0.2, 0.25) is 10.0 Å². The van der Waals surface area contributed by atoms with Gasteiger partial charge in [-0.25, -0.2) is 8.42 Å². The van der Waals surface area contributed by atoms with Gasteiger partial charge in [-0.05, 0) is 59.1 Å². The summed E-state index contributed by atoms with van der Waals surface area (Å²) < 4.78 is 27.3. The second-order valence-electron chi connectivity index (χ2n) is 5.70. The first-order valence-electron chi connectivity index (χ1n) is 7.89. The summed E-state index contributed by atoms with van der Waals surface area (Å²) in [6, 6.07) is 13.7. The van der Waals surface area contributed by atoms with E-state index in [9.17, 15) is 13.2 Å². The molecule has 2 aromatic rings. The van der Waals surface area contributed by atoms with Gasteiger partial charge in [0.15, 0.2) is 0 Å². The lowest BCUT2D eigenvalue weighted by Crippen LogP contribution is -2.31.